The fraction of sp³-hybridized carbons (Fsp3) is 0.0870. The van der Waals surface area contributed by atoms with Gasteiger partial charge >= 0.3 is 0 Å². The molecule has 0 radical (unpaired) electrons. The van der Waals surface area contributed by atoms with Gasteiger partial charge in [0.2, 0.25) is 5.82 Å². The van der Waals surface area contributed by atoms with Crippen molar-refractivity contribution in [1.29, 1.82) is 0 Å². The van der Waals surface area contributed by atoms with Crippen molar-refractivity contribution in [2.24, 2.45) is 0 Å². The fourth-order valence-corrected chi connectivity index (χ4v) is 2.82. The Morgan fingerprint density at radius 2 is 1.73 bits per heavy atom. The summed E-state index contributed by atoms with van der Waals surface area (Å²) in [6.45, 7) is 0.172. The summed E-state index contributed by atoms with van der Waals surface area (Å²) < 4.78 is 16.2. The maximum atomic E-state index is 12.7. The molecule has 4 rings (SSSR count). The molecule has 0 spiro atoms. The first-order chi connectivity index (χ1) is 14.7. The minimum atomic E-state index is -0.270. The van der Waals surface area contributed by atoms with Gasteiger partial charge in [0.05, 0.1) is 18.4 Å². The van der Waals surface area contributed by atoms with Crippen LogP contribution in [-0.2, 0) is 6.61 Å². The zero-order valence-corrected chi connectivity index (χ0v) is 16.2. The molecule has 0 fully saturated rings. The molecule has 0 aliphatic carbocycles. The largest absolute Gasteiger partial charge is 0.497 e. The first-order valence-corrected chi connectivity index (χ1v) is 9.28. The van der Waals surface area contributed by atoms with Crippen LogP contribution >= 0.6 is 0 Å². The zero-order valence-electron chi connectivity index (χ0n) is 16.2. The van der Waals surface area contributed by atoms with Gasteiger partial charge in [-0.05, 0) is 42.5 Å². The van der Waals surface area contributed by atoms with Crippen molar-refractivity contribution in [1.82, 2.24) is 10.1 Å². The second-order valence-corrected chi connectivity index (χ2v) is 6.35. The number of nitrogens with zero attached hydrogens (tertiary/aromatic N) is 2. The van der Waals surface area contributed by atoms with Crippen LogP contribution in [0, 0.1) is 0 Å². The van der Waals surface area contributed by atoms with Crippen molar-refractivity contribution in [2.45, 2.75) is 6.61 Å². The van der Waals surface area contributed by atoms with E-state index >= 15 is 0 Å². The molecule has 1 aromatic heterocycles. The molecule has 0 aliphatic heterocycles. The molecule has 1 heterocycles. The number of nitrogens with one attached hydrogen (secondary N) is 1. The predicted octanol–water partition coefficient (Wildman–Crippen LogP) is 4.58. The Hall–Kier alpha value is -4.13. The number of ether oxygens (including phenoxy) is 2. The van der Waals surface area contributed by atoms with Gasteiger partial charge in [0.1, 0.15) is 11.5 Å². The van der Waals surface area contributed by atoms with E-state index in [4.69, 9.17) is 14.0 Å². The summed E-state index contributed by atoms with van der Waals surface area (Å²) >= 11 is 0. The quantitative estimate of drug-likeness (QED) is 0.488. The number of para-hydroxylation sites is 2. The average Bonchev–Trinajstić information content (AvgIpc) is 3.27. The summed E-state index contributed by atoms with van der Waals surface area (Å²) in [6, 6.07) is 23.5. The van der Waals surface area contributed by atoms with Crippen LogP contribution in [0.5, 0.6) is 11.5 Å². The molecule has 1 N–H and O–H groups in total. The Bertz CT molecular complexity index is 1140. The number of hydrogen-bond acceptors (Lipinski definition) is 6. The van der Waals surface area contributed by atoms with Gasteiger partial charge < -0.3 is 19.3 Å². The van der Waals surface area contributed by atoms with Gasteiger partial charge in [0.25, 0.3) is 11.8 Å². The minimum Gasteiger partial charge on any atom is -0.497 e. The van der Waals surface area contributed by atoms with Crippen LogP contribution in [0.4, 0.5) is 5.69 Å². The lowest BCUT2D eigenvalue weighted by Crippen LogP contribution is -2.12. The van der Waals surface area contributed by atoms with E-state index in [1.165, 1.54) is 0 Å². The zero-order chi connectivity index (χ0) is 20.8. The molecule has 3 aromatic carbocycles. The van der Waals surface area contributed by atoms with E-state index in [2.05, 4.69) is 15.5 Å². The van der Waals surface area contributed by atoms with Gasteiger partial charge in [-0.15, -0.1) is 0 Å². The van der Waals surface area contributed by atoms with E-state index < -0.39 is 0 Å². The predicted molar refractivity (Wildman–Crippen MR) is 111 cm³/mol. The normalized spacial score (nSPS) is 10.4. The maximum absolute atomic E-state index is 12.7. The van der Waals surface area contributed by atoms with Crippen LogP contribution in [-0.4, -0.2) is 23.2 Å². The van der Waals surface area contributed by atoms with Crippen LogP contribution in [0.1, 0.15) is 16.2 Å². The van der Waals surface area contributed by atoms with E-state index in [1.54, 1.807) is 43.5 Å². The highest BCUT2D eigenvalue weighted by molar-refractivity contribution is 6.06. The Morgan fingerprint density at radius 1 is 0.967 bits per heavy atom. The van der Waals surface area contributed by atoms with Gasteiger partial charge in [-0.1, -0.05) is 41.6 Å². The summed E-state index contributed by atoms with van der Waals surface area (Å²) in [5.41, 5.74) is 1.66. The Kier molecular flexibility index (Phi) is 5.70. The molecule has 0 bridgehead atoms. The lowest BCUT2D eigenvalue weighted by molar-refractivity contribution is 0.102. The number of amides is 1. The number of benzene rings is 3. The first-order valence-electron chi connectivity index (χ1n) is 9.28. The molecule has 7 heteroatoms. The number of rotatable bonds is 7. The van der Waals surface area contributed by atoms with Crippen molar-refractivity contribution < 1.29 is 18.8 Å². The van der Waals surface area contributed by atoms with Crippen molar-refractivity contribution in [3.63, 3.8) is 0 Å². The first kappa shape index (κ1) is 19.2. The van der Waals surface area contributed by atoms with Gasteiger partial charge in [0, 0.05) is 5.56 Å². The van der Waals surface area contributed by atoms with Crippen molar-refractivity contribution in [2.75, 3.05) is 12.4 Å². The van der Waals surface area contributed by atoms with Crippen LogP contribution in [0.25, 0.3) is 11.5 Å². The number of aromatic nitrogens is 2. The molecule has 0 atom stereocenters. The number of hydrogen-bond donors (Lipinski definition) is 1. The topological polar surface area (TPSA) is 86.5 Å². The molecular weight excluding hydrogens is 382 g/mol. The Morgan fingerprint density at radius 3 is 2.57 bits per heavy atom. The molecule has 0 aliphatic rings. The summed E-state index contributed by atoms with van der Waals surface area (Å²) in [5.74, 6) is 1.75. The third-order valence-corrected chi connectivity index (χ3v) is 4.32. The summed E-state index contributed by atoms with van der Waals surface area (Å²) in [5, 5.41) is 6.86. The van der Waals surface area contributed by atoms with Crippen molar-refractivity contribution >= 4 is 11.6 Å². The number of methoxy groups -OCH3 is 1. The number of carbonyl (C=O) groups is 1. The van der Waals surface area contributed by atoms with Crippen LogP contribution in [0.15, 0.2) is 83.4 Å². The summed E-state index contributed by atoms with van der Waals surface area (Å²) in [4.78, 5) is 17.1. The lowest BCUT2D eigenvalue weighted by atomic mass is 10.1. The second-order valence-electron chi connectivity index (χ2n) is 6.35. The molecular formula is C23H19N3O4. The van der Waals surface area contributed by atoms with Crippen LogP contribution < -0.4 is 14.8 Å². The van der Waals surface area contributed by atoms with Crippen molar-refractivity contribution in [3.05, 3.63) is 90.3 Å². The second kappa shape index (κ2) is 8.91. The van der Waals surface area contributed by atoms with E-state index in [-0.39, 0.29) is 12.5 Å². The minimum absolute atomic E-state index is 0.172. The molecule has 7 nitrogen and oxygen atoms in total. The Labute approximate surface area is 173 Å². The van der Waals surface area contributed by atoms with Crippen LogP contribution in [0.3, 0.4) is 0 Å². The molecule has 1 amide bonds. The highest BCUT2D eigenvalue weighted by atomic mass is 16.5. The summed E-state index contributed by atoms with van der Waals surface area (Å²) in [7, 11) is 1.56. The highest BCUT2D eigenvalue weighted by Gasteiger charge is 2.16. The van der Waals surface area contributed by atoms with E-state index in [9.17, 15) is 4.79 Å². The standard InChI is InChI=1S/C23H19N3O4/c1-28-18-11-7-8-16(14-18)22(27)24-20-13-6-5-12-19(20)23-25-21(26-30-23)15-29-17-9-3-2-4-10-17/h2-14H,15H2,1H3,(H,24,27). The Balaban J connectivity index is 1.50. The molecule has 0 unspecified atom stereocenters. The SMILES string of the molecule is COc1cccc(C(=O)Nc2ccccc2-c2nc(COc3ccccc3)no2)c1. The molecule has 0 saturated carbocycles. The molecule has 150 valence electrons. The molecule has 4 aromatic rings. The van der Waals surface area contributed by atoms with Gasteiger partial charge in [-0.2, -0.15) is 4.98 Å². The smallest absolute Gasteiger partial charge is 0.260 e. The number of anilines is 1. The van der Waals surface area contributed by atoms with E-state index in [0.29, 0.717) is 34.3 Å². The monoisotopic (exact) mass is 401 g/mol. The van der Waals surface area contributed by atoms with Crippen molar-refractivity contribution in [3.8, 4) is 23.0 Å². The maximum Gasteiger partial charge on any atom is 0.260 e. The van der Waals surface area contributed by atoms with E-state index in [0.717, 1.165) is 5.75 Å². The third-order valence-electron chi connectivity index (χ3n) is 4.32. The van der Waals surface area contributed by atoms with Gasteiger partial charge in [-0.3, -0.25) is 4.79 Å². The third kappa shape index (κ3) is 4.47. The van der Waals surface area contributed by atoms with Gasteiger partial charge in [0.15, 0.2) is 6.61 Å². The lowest BCUT2D eigenvalue weighted by Gasteiger charge is -2.09. The fourth-order valence-electron chi connectivity index (χ4n) is 2.82. The molecule has 0 saturated heterocycles. The number of carbonyl (C=O) groups excluding carboxylic acids is 1. The molecule has 30 heavy (non-hydrogen) atoms. The van der Waals surface area contributed by atoms with E-state index in [1.807, 2.05) is 42.5 Å². The summed E-state index contributed by atoms with van der Waals surface area (Å²) in [6.07, 6.45) is 0. The highest BCUT2D eigenvalue weighted by Crippen LogP contribution is 2.27. The average molecular weight is 401 g/mol. The van der Waals surface area contributed by atoms with Gasteiger partial charge in [-0.25, -0.2) is 0 Å². The van der Waals surface area contributed by atoms with Crippen LogP contribution in [0.2, 0.25) is 0 Å².